The number of aromatic nitrogens is 2. The first-order valence-corrected chi connectivity index (χ1v) is 10.5. The van der Waals surface area contributed by atoms with Gasteiger partial charge >= 0.3 is 0 Å². The van der Waals surface area contributed by atoms with Crippen LogP contribution in [0.3, 0.4) is 0 Å². The molecule has 158 valence electrons. The number of halogens is 2. The van der Waals surface area contributed by atoms with E-state index in [-0.39, 0.29) is 11.3 Å². The number of carbonyl (C=O) groups excluding carboxylic acids is 2. The maximum atomic E-state index is 13.0. The van der Waals surface area contributed by atoms with Gasteiger partial charge in [0.25, 0.3) is 11.7 Å². The molecule has 2 heterocycles. The molecule has 1 N–H and O–H groups in total. The van der Waals surface area contributed by atoms with Crippen molar-refractivity contribution in [3.63, 3.8) is 0 Å². The van der Waals surface area contributed by atoms with Crippen molar-refractivity contribution in [3.8, 4) is 0 Å². The van der Waals surface area contributed by atoms with E-state index in [0.29, 0.717) is 40.7 Å². The minimum Gasteiger partial charge on any atom is -0.507 e. The van der Waals surface area contributed by atoms with Crippen molar-refractivity contribution in [3.05, 3.63) is 94.0 Å². The number of amides is 1. The van der Waals surface area contributed by atoms with Crippen molar-refractivity contribution < 1.29 is 14.7 Å². The summed E-state index contributed by atoms with van der Waals surface area (Å²) in [7, 11) is 0. The molecule has 31 heavy (non-hydrogen) atoms. The number of aliphatic hydroxyl groups excluding tert-OH is 1. The number of likely N-dealkylation sites (tertiary alicyclic amines) is 1. The quantitative estimate of drug-likeness (QED) is 0.332. The zero-order valence-electron chi connectivity index (χ0n) is 16.4. The molecule has 1 unspecified atom stereocenters. The Morgan fingerprint density at radius 3 is 2.23 bits per heavy atom. The van der Waals surface area contributed by atoms with Gasteiger partial charge in [0.2, 0.25) is 0 Å². The fraction of sp³-hybridized carbons (Fsp3) is 0.174. The van der Waals surface area contributed by atoms with Crippen molar-refractivity contribution in [1.29, 1.82) is 0 Å². The Morgan fingerprint density at radius 1 is 0.968 bits per heavy atom. The maximum Gasteiger partial charge on any atom is 0.295 e. The standard InChI is InChI=1S/C23H19Cl2N3O3/c24-17-6-2-15(3-7-17)20-19(21(29)16-4-8-18(25)9-5-16)22(30)23(31)28(20)12-1-11-27-13-10-26-14-27/h2-10,13-14,20,29H,1,11-12H2. The molecule has 1 aliphatic heterocycles. The fourth-order valence-corrected chi connectivity index (χ4v) is 3.96. The van der Waals surface area contributed by atoms with Crippen LogP contribution in [0.2, 0.25) is 10.0 Å². The highest BCUT2D eigenvalue weighted by Gasteiger charge is 2.45. The lowest BCUT2D eigenvalue weighted by Crippen LogP contribution is -2.31. The van der Waals surface area contributed by atoms with Crippen molar-refractivity contribution in [2.24, 2.45) is 0 Å². The molecule has 0 spiro atoms. The molecule has 6 nitrogen and oxygen atoms in total. The molecule has 1 aromatic heterocycles. The van der Waals surface area contributed by atoms with Gasteiger partial charge in [-0.25, -0.2) is 4.98 Å². The van der Waals surface area contributed by atoms with E-state index >= 15 is 0 Å². The molecule has 0 bridgehead atoms. The summed E-state index contributed by atoms with van der Waals surface area (Å²) in [5.41, 5.74) is 1.17. The van der Waals surface area contributed by atoms with Crippen LogP contribution in [0, 0.1) is 0 Å². The van der Waals surface area contributed by atoms with Gasteiger partial charge in [-0.2, -0.15) is 0 Å². The van der Waals surface area contributed by atoms with Crippen LogP contribution < -0.4 is 0 Å². The second-order valence-electron chi connectivity index (χ2n) is 7.20. The van der Waals surface area contributed by atoms with Crippen LogP contribution in [-0.4, -0.2) is 37.8 Å². The normalized spacial score (nSPS) is 18.0. The zero-order valence-corrected chi connectivity index (χ0v) is 17.9. The van der Waals surface area contributed by atoms with E-state index in [9.17, 15) is 14.7 Å². The van der Waals surface area contributed by atoms with Gasteiger partial charge in [0.1, 0.15) is 5.76 Å². The van der Waals surface area contributed by atoms with Crippen LogP contribution in [0.1, 0.15) is 23.6 Å². The Labute approximate surface area is 189 Å². The Morgan fingerprint density at radius 2 is 1.61 bits per heavy atom. The van der Waals surface area contributed by atoms with Gasteiger partial charge in [0.05, 0.1) is 17.9 Å². The molecular formula is C23H19Cl2N3O3. The monoisotopic (exact) mass is 455 g/mol. The summed E-state index contributed by atoms with van der Waals surface area (Å²) in [6.45, 7) is 0.987. The molecule has 1 amide bonds. The molecule has 1 atom stereocenters. The molecule has 1 fully saturated rings. The highest BCUT2D eigenvalue weighted by atomic mass is 35.5. The van der Waals surface area contributed by atoms with E-state index in [2.05, 4.69) is 4.98 Å². The van der Waals surface area contributed by atoms with Crippen molar-refractivity contribution in [2.75, 3.05) is 6.54 Å². The summed E-state index contributed by atoms with van der Waals surface area (Å²) in [5, 5.41) is 12.0. The summed E-state index contributed by atoms with van der Waals surface area (Å²) >= 11 is 12.0. The summed E-state index contributed by atoms with van der Waals surface area (Å²) in [6, 6.07) is 12.7. The predicted molar refractivity (Wildman–Crippen MR) is 119 cm³/mol. The van der Waals surface area contributed by atoms with E-state index in [0.717, 1.165) is 0 Å². The third-order valence-electron chi connectivity index (χ3n) is 5.22. The van der Waals surface area contributed by atoms with E-state index in [1.165, 1.54) is 4.90 Å². The van der Waals surface area contributed by atoms with E-state index in [4.69, 9.17) is 23.2 Å². The fourth-order valence-electron chi connectivity index (χ4n) is 3.71. The number of rotatable bonds is 6. The first-order chi connectivity index (χ1) is 15.0. The van der Waals surface area contributed by atoms with Gasteiger partial charge in [0.15, 0.2) is 0 Å². The average molecular weight is 456 g/mol. The van der Waals surface area contributed by atoms with Crippen LogP contribution in [0.15, 0.2) is 72.8 Å². The van der Waals surface area contributed by atoms with E-state index in [1.807, 2.05) is 10.8 Å². The SMILES string of the molecule is O=C1C(=O)N(CCCn2ccnc2)C(c2ccc(Cl)cc2)C1=C(O)c1ccc(Cl)cc1. The first kappa shape index (κ1) is 21.2. The van der Waals surface area contributed by atoms with Crippen LogP contribution in [0.25, 0.3) is 5.76 Å². The van der Waals surface area contributed by atoms with Crippen LogP contribution in [-0.2, 0) is 16.1 Å². The largest absolute Gasteiger partial charge is 0.507 e. The van der Waals surface area contributed by atoms with E-state index < -0.39 is 17.7 Å². The summed E-state index contributed by atoms with van der Waals surface area (Å²) < 4.78 is 1.90. The summed E-state index contributed by atoms with van der Waals surface area (Å²) in [6.07, 6.45) is 5.84. The van der Waals surface area contributed by atoms with Crippen LogP contribution >= 0.6 is 23.2 Å². The molecule has 1 saturated heterocycles. The molecule has 0 aliphatic carbocycles. The molecule has 3 aromatic rings. The van der Waals surface area contributed by atoms with Crippen LogP contribution in [0.5, 0.6) is 0 Å². The minimum absolute atomic E-state index is 0.0530. The number of hydrogen-bond donors (Lipinski definition) is 1. The van der Waals surface area contributed by atoms with Gasteiger partial charge in [0, 0.05) is 41.1 Å². The number of carbonyl (C=O) groups is 2. The minimum atomic E-state index is -0.713. The van der Waals surface area contributed by atoms with Crippen molar-refractivity contribution in [1.82, 2.24) is 14.5 Å². The second-order valence-corrected chi connectivity index (χ2v) is 8.08. The first-order valence-electron chi connectivity index (χ1n) is 9.71. The number of ketones is 1. The van der Waals surface area contributed by atoms with Crippen LogP contribution in [0.4, 0.5) is 0 Å². The third kappa shape index (κ3) is 4.36. The highest BCUT2D eigenvalue weighted by molar-refractivity contribution is 6.46. The zero-order chi connectivity index (χ0) is 22.0. The number of imidazole rings is 1. The van der Waals surface area contributed by atoms with Crippen molar-refractivity contribution in [2.45, 2.75) is 19.0 Å². The smallest absolute Gasteiger partial charge is 0.295 e. The van der Waals surface area contributed by atoms with Gasteiger partial charge in [-0.3, -0.25) is 9.59 Å². The molecular weight excluding hydrogens is 437 g/mol. The van der Waals surface area contributed by atoms with Gasteiger partial charge < -0.3 is 14.6 Å². The molecule has 0 radical (unpaired) electrons. The number of hydrogen-bond acceptors (Lipinski definition) is 4. The molecule has 1 aliphatic rings. The second kappa shape index (κ2) is 8.96. The number of aryl methyl sites for hydroxylation is 1. The number of aliphatic hydroxyl groups is 1. The molecule has 4 rings (SSSR count). The average Bonchev–Trinajstić information content (AvgIpc) is 3.37. The molecule has 8 heteroatoms. The lowest BCUT2D eigenvalue weighted by molar-refractivity contribution is -0.139. The third-order valence-corrected chi connectivity index (χ3v) is 5.72. The molecule has 2 aromatic carbocycles. The topological polar surface area (TPSA) is 75.4 Å². The Hall–Kier alpha value is -3.09. The number of Topliss-reactive ketones (excluding diaryl/α,β-unsaturated/α-hetero) is 1. The number of nitrogens with zero attached hydrogens (tertiary/aromatic N) is 3. The Balaban J connectivity index is 1.72. The predicted octanol–water partition coefficient (Wildman–Crippen LogP) is 4.70. The summed E-state index contributed by atoms with van der Waals surface area (Å²) in [5.74, 6) is -1.58. The maximum absolute atomic E-state index is 13.0. The van der Waals surface area contributed by atoms with E-state index in [1.54, 1.807) is 61.1 Å². The van der Waals surface area contributed by atoms with Gasteiger partial charge in [-0.15, -0.1) is 0 Å². The lowest BCUT2D eigenvalue weighted by Gasteiger charge is -2.25. The Bertz CT molecular complexity index is 1120. The molecule has 0 saturated carbocycles. The highest BCUT2D eigenvalue weighted by Crippen LogP contribution is 2.39. The Kier molecular flexibility index (Phi) is 6.11. The van der Waals surface area contributed by atoms with Crippen molar-refractivity contribution >= 4 is 40.7 Å². The lowest BCUT2D eigenvalue weighted by atomic mass is 9.95. The van der Waals surface area contributed by atoms with Gasteiger partial charge in [-0.1, -0.05) is 35.3 Å². The van der Waals surface area contributed by atoms with Gasteiger partial charge in [-0.05, 0) is 48.4 Å². The number of benzene rings is 2. The summed E-state index contributed by atoms with van der Waals surface area (Å²) in [4.78, 5) is 31.4.